The Labute approximate surface area is 147 Å². The second kappa shape index (κ2) is 7.76. The smallest absolute Gasteiger partial charge is 0.255 e. The van der Waals surface area contributed by atoms with Gasteiger partial charge >= 0.3 is 0 Å². The molecular formula is C18H25N3O4. The molecule has 0 aromatic carbocycles. The predicted octanol–water partition coefficient (Wildman–Crippen LogP) is 1.29. The molecule has 25 heavy (non-hydrogen) atoms. The van der Waals surface area contributed by atoms with Crippen molar-refractivity contribution < 1.29 is 19.0 Å². The van der Waals surface area contributed by atoms with Gasteiger partial charge in [-0.3, -0.25) is 4.79 Å². The predicted molar refractivity (Wildman–Crippen MR) is 89.1 cm³/mol. The van der Waals surface area contributed by atoms with Crippen molar-refractivity contribution in [3.63, 3.8) is 0 Å². The highest BCUT2D eigenvalue weighted by molar-refractivity contribution is 5.94. The highest BCUT2D eigenvalue weighted by Gasteiger charge is 2.47. The van der Waals surface area contributed by atoms with E-state index in [-0.39, 0.29) is 24.2 Å². The Morgan fingerprint density at radius 3 is 2.92 bits per heavy atom. The molecule has 1 aromatic rings. The first-order chi connectivity index (χ1) is 12.3. The molecule has 0 aliphatic carbocycles. The van der Waals surface area contributed by atoms with Crippen LogP contribution in [0.5, 0.6) is 0 Å². The van der Waals surface area contributed by atoms with Gasteiger partial charge in [0.15, 0.2) is 0 Å². The van der Waals surface area contributed by atoms with E-state index in [1.165, 1.54) is 6.20 Å². The van der Waals surface area contributed by atoms with Gasteiger partial charge in [0.2, 0.25) is 0 Å². The number of likely N-dealkylation sites (tertiary alicyclic amines) is 1. The van der Waals surface area contributed by atoms with Gasteiger partial charge in [0.1, 0.15) is 12.2 Å². The summed E-state index contributed by atoms with van der Waals surface area (Å²) >= 11 is 0. The quantitative estimate of drug-likeness (QED) is 0.817. The second-order valence-corrected chi connectivity index (χ2v) is 7.06. The molecule has 3 atom stereocenters. The summed E-state index contributed by atoms with van der Waals surface area (Å²) in [6.45, 7) is 3.69. The minimum absolute atomic E-state index is 0.00688. The van der Waals surface area contributed by atoms with Crippen molar-refractivity contribution >= 4 is 5.91 Å². The monoisotopic (exact) mass is 347 g/mol. The van der Waals surface area contributed by atoms with E-state index in [1.54, 1.807) is 12.3 Å². The minimum Gasteiger partial charge on any atom is -0.381 e. The number of aromatic nitrogens is 2. The molecule has 0 spiro atoms. The Balaban J connectivity index is 1.43. The first-order valence-corrected chi connectivity index (χ1v) is 9.21. The Morgan fingerprint density at radius 1 is 1.24 bits per heavy atom. The maximum Gasteiger partial charge on any atom is 0.255 e. The molecule has 7 heteroatoms. The lowest BCUT2D eigenvalue weighted by molar-refractivity contribution is -0.0886. The number of carbonyl (C=O) groups excluding carboxylic acids is 1. The average molecular weight is 347 g/mol. The van der Waals surface area contributed by atoms with E-state index < -0.39 is 0 Å². The van der Waals surface area contributed by atoms with E-state index in [4.69, 9.17) is 14.2 Å². The molecule has 3 fully saturated rings. The number of amides is 1. The van der Waals surface area contributed by atoms with Crippen molar-refractivity contribution in [2.24, 2.45) is 5.92 Å². The van der Waals surface area contributed by atoms with Crippen LogP contribution in [0.3, 0.4) is 0 Å². The average Bonchev–Trinajstić information content (AvgIpc) is 3.06. The fourth-order valence-electron chi connectivity index (χ4n) is 4.05. The number of carbonyl (C=O) groups is 1. The lowest BCUT2D eigenvalue weighted by atomic mass is 10.0. The number of ether oxygens (including phenoxy) is 3. The van der Waals surface area contributed by atoms with Crippen LogP contribution < -0.4 is 0 Å². The molecule has 1 amide bonds. The molecular weight excluding hydrogens is 322 g/mol. The zero-order valence-electron chi connectivity index (χ0n) is 14.4. The van der Waals surface area contributed by atoms with Crippen molar-refractivity contribution in [3.8, 4) is 0 Å². The van der Waals surface area contributed by atoms with E-state index in [9.17, 15) is 4.79 Å². The van der Waals surface area contributed by atoms with Crippen LogP contribution in [0.1, 0.15) is 36.0 Å². The number of hydrogen-bond donors (Lipinski definition) is 0. The van der Waals surface area contributed by atoms with Gasteiger partial charge < -0.3 is 19.1 Å². The number of hydrogen-bond acceptors (Lipinski definition) is 6. The SMILES string of the molecule is O=C(c1ccnnc1)N1C[C@@H](OCC2CCOCC2)[C@H]2OCCC[C@H]21. The van der Waals surface area contributed by atoms with Gasteiger partial charge in [-0.1, -0.05) is 0 Å². The van der Waals surface area contributed by atoms with Crippen molar-refractivity contribution in [3.05, 3.63) is 24.0 Å². The van der Waals surface area contributed by atoms with E-state index in [0.717, 1.165) is 52.1 Å². The molecule has 4 heterocycles. The van der Waals surface area contributed by atoms with Gasteiger partial charge in [0.05, 0.1) is 37.2 Å². The lowest BCUT2D eigenvalue weighted by Crippen LogP contribution is -2.44. The third kappa shape index (κ3) is 3.68. The van der Waals surface area contributed by atoms with E-state index >= 15 is 0 Å². The summed E-state index contributed by atoms with van der Waals surface area (Å²) in [4.78, 5) is 14.8. The fraction of sp³-hybridized carbons (Fsp3) is 0.722. The Kier molecular flexibility index (Phi) is 5.24. The standard InChI is InChI=1S/C18H25N3O4/c22-18(14-3-6-19-20-10-14)21-11-16(17-15(21)2-1-7-24-17)25-12-13-4-8-23-9-5-13/h3,6,10,13,15-17H,1-2,4-5,7-9,11-12H2/t15-,16-,17+/m1/s1. The topological polar surface area (TPSA) is 73.8 Å². The highest BCUT2D eigenvalue weighted by atomic mass is 16.5. The Bertz CT molecular complexity index is 579. The summed E-state index contributed by atoms with van der Waals surface area (Å²) in [5, 5.41) is 7.58. The van der Waals surface area contributed by atoms with Crippen LogP contribution in [0.4, 0.5) is 0 Å². The van der Waals surface area contributed by atoms with Crippen LogP contribution in [-0.4, -0.2) is 72.2 Å². The first-order valence-electron chi connectivity index (χ1n) is 9.21. The Hall–Kier alpha value is -1.57. The summed E-state index contributed by atoms with van der Waals surface area (Å²) in [5.74, 6) is 0.539. The van der Waals surface area contributed by atoms with Gasteiger partial charge in [-0.05, 0) is 37.7 Å². The van der Waals surface area contributed by atoms with Gasteiger partial charge in [0.25, 0.3) is 5.91 Å². The van der Waals surface area contributed by atoms with Crippen LogP contribution >= 0.6 is 0 Å². The molecule has 3 aliphatic rings. The van der Waals surface area contributed by atoms with Gasteiger partial charge in [-0.2, -0.15) is 10.2 Å². The molecule has 136 valence electrons. The van der Waals surface area contributed by atoms with Crippen molar-refractivity contribution in [2.45, 2.75) is 43.9 Å². The second-order valence-electron chi connectivity index (χ2n) is 7.06. The molecule has 0 saturated carbocycles. The number of rotatable bonds is 4. The summed E-state index contributed by atoms with van der Waals surface area (Å²) in [6.07, 6.45) is 7.05. The molecule has 3 saturated heterocycles. The zero-order valence-corrected chi connectivity index (χ0v) is 14.4. The molecule has 0 N–H and O–H groups in total. The summed E-state index contributed by atoms with van der Waals surface area (Å²) in [7, 11) is 0. The summed E-state index contributed by atoms with van der Waals surface area (Å²) < 4.78 is 17.6. The maximum atomic E-state index is 12.9. The summed E-state index contributed by atoms with van der Waals surface area (Å²) in [6, 6.07) is 1.80. The van der Waals surface area contributed by atoms with E-state index in [1.807, 2.05) is 4.90 Å². The van der Waals surface area contributed by atoms with Crippen molar-refractivity contribution in [1.29, 1.82) is 0 Å². The molecule has 1 aromatic heterocycles. The first kappa shape index (κ1) is 16.9. The van der Waals surface area contributed by atoms with Crippen LogP contribution in [-0.2, 0) is 14.2 Å². The molecule has 7 nitrogen and oxygen atoms in total. The van der Waals surface area contributed by atoms with Crippen LogP contribution in [0.2, 0.25) is 0 Å². The van der Waals surface area contributed by atoms with Crippen LogP contribution in [0.25, 0.3) is 0 Å². The number of fused-ring (bicyclic) bond motifs is 1. The van der Waals surface area contributed by atoms with Crippen LogP contribution in [0.15, 0.2) is 18.5 Å². The lowest BCUT2D eigenvalue weighted by Gasteiger charge is -2.32. The van der Waals surface area contributed by atoms with Gasteiger partial charge in [-0.15, -0.1) is 0 Å². The van der Waals surface area contributed by atoms with E-state index in [2.05, 4.69) is 10.2 Å². The largest absolute Gasteiger partial charge is 0.381 e. The fourth-order valence-corrected chi connectivity index (χ4v) is 4.05. The summed E-state index contributed by atoms with van der Waals surface area (Å²) in [5.41, 5.74) is 0.574. The maximum absolute atomic E-state index is 12.9. The molecule has 0 bridgehead atoms. The highest BCUT2D eigenvalue weighted by Crippen LogP contribution is 2.32. The molecule has 4 rings (SSSR count). The molecule has 0 unspecified atom stereocenters. The molecule has 0 radical (unpaired) electrons. The van der Waals surface area contributed by atoms with Gasteiger partial charge in [0, 0.05) is 19.8 Å². The van der Waals surface area contributed by atoms with Crippen LogP contribution in [0, 0.1) is 5.92 Å². The minimum atomic E-state index is -0.0492. The molecule has 3 aliphatic heterocycles. The van der Waals surface area contributed by atoms with E-state index in [0.29, 0.717) is 18.0 Å². The zero-order chi connectivity index (χ0) is 17.1. The van der Waals surface area contributed by atoms with Gasteiger partial charge in [-0.25, -0.2) is 0 Å². The third-order valence-corrected chi connectivity index (χ3v) is 5.46. The Morgan fingerprint density at radius 2 is 2.12 bits per heavy atom. The normalized spacial score (nSPS) is 30.2. The van der Waals surface area contributed by atoms with Crippen molar-refractivity contribution in [2.75, 3.05) is 33.0 Å². The van der Waals surface area contributed by atoms with Crippen molar-refractivity contribution in [1.82, 2.24) is 15.1 Å². The number of nitrogens with zero attached hydrogens (tertiary/aromatic N) is 3. The third-order valence-electron chi connectivity index (χ3n) is 5.46.